The molecule has 0 atom stereocenters. The number of hydrogen-bond acceptors (Lipinski definition) is 4. The third-order valence-electron chi connectivity index (χ3n) is 2.47. The molecule has 1 N–H and O–H groups in total. The summed E-state index contributed by atoms with van der Waals surface area (Å²) >= 11 is 3.50. The van der Waals surface area contributed by atoms with Crippen LogP contribution in [0.15, 0.2) is 16.6 Å². The van der Waals surface area contributed by atoms with Crippen molar-refractivity contribution in [3.63, 3.8) is 0 Å². The Balaban J connectivity index is 2.01. The van der Waals surface area contributed by atoms with Gasteiger partial charge >= 0.3 is 0 Å². The highest BCUT2D eigenvalue weighted by Crippen LogP contribution is 2.38. The van der Waals surface area contributed by atoms with E-state index in [4.69, 9.17) is 14.2 Å². The van der Waals surface area contributed by atoms with E-state index >= 15 is 0 Å². The predicted molar refractivity (Wildman–Crippen MR) is 68.7 cm³/mol. The fourth-order valence-corrected chi connectivity index (χ4v) is 2.28. The van der Waals surface area contributed by atoms with E-state index in [0.29, 0.717) is 19.8 Å². The molecule has 94 valence electrons. The number of ether oxygens (including phenoxy) is 3. The smallest absolute Gasteiger partial charge is 0.175 e. The van der Waals surface area contributed by atoms with Gasteiger partial charge in [0.2, 0.25) is 0 Å². The minimum Gasteiger partial charge on any atom is -0.486 e. The van der Waals surface area contributed by atoms with E-state index < -0.39 is 0 Å². The molecule has 1 aromatic carbocycles. The van der Waals surface area contributed by atoms with Crippen LogP contribution in [0.4, 0.5) is 0 Å². The van der Waals surface area contributed by atoms with Gasteiger partial charge in [0.1, 0.15) is 13.2 Å². The van der Waals surface area contributed by atoms with Gasteiger partial charge in [-0.05, 0) is 33.6 Å². The summed E-state index contributed by atoms with van der Waals surface area (Å²) in [6.07, 6.45) is 0. The van der Waals surface area contributed by atoms with Crippen LogP contribution >= 0.6 is 15.9 Å². The number of halogens is 1. The number of nitrogens with one attached hydrogen (secondary N) is 1. The molecule has 0 aliphatic carbocycles. The molecule has 0 amide bonds. The van der Waals surface area contributed by atoms with E-state index in [9.17, 15) is 0 Å². The molecule has 5 heteroatoms. The highest BCUT2D eigenvalue weighted by molar-refractivity contribution is 9.10. The van der Waals surface area contributed by atoms with Crippen molar-refractivity contribution in [2.24, 2.45) is 0 Å². The maximum absolute atomic E-state index is 5.56. The maximum Gasteiger partial charge on any atom is 0.175 e. The average molecular weight is 302 g/mol. The second-order valence-electron chi connectivity index (χ2n) is 3.77. The van der Waals surface area contributed by atoms with Crippen LogP contribution in [0.25, 0.3) is 0 Å². The standard InChI is InChI=1S/C12H16BrNO3/c1-15-3-2-14-8-9-6-10(13)12-11(7-9)16-4-5-17-12/h6-7,14H,2-5,8H2,1H3. The summed E-state index contributed by atoms with van der Waals surface area (Å²) in [5.41, 5.74) is 1.16. The molecule has 0 fully saturated rings. The number of fused-ring (bicyclic) bond motifs is 1. The van der Waals surface area contributed by atoms with Crippen LogP contribution in [0, 0.1) is 0 Å². The van der Waals surface area contributed by atoms with Crippen LogP contribution in [-0.2, 0) is 11.3 Å². The van der Waals surface area contributed by atoms with Crippen molar-refractivity contribution in [2.45, 2.75) is 6.54 Å². The van der Waals surface area contributed by atoms with Gasteiger partial charge in [-0.2, -0.15) is 0 Å². The first-order valence-electron chi connectivity index (χ1n) is 5.59. The highest BCUT2D eigenvalue weighted by atomic mass is 79.9. The Morgan fingerprint density at radius 3 is 3.00 bits per heavy atom. The van der Waals surface area contributed by atoms with Gasteiger partial charge in [0.05, 0.1) is 11.1 Å². The molecule has 1 aromatic rings. The Bertz CT molecular complexity index is 384. The molecule has 0 radical (unpaired) electrons. The minimum absolute atomic E-state index is 0.608. The van der Waals surface area contributed by atoms with Gasteiger partial charge in [0.15, 0.2) is 11.5 Å². The lowest BCUT2D eigenvalue weighted by Crippen LogP contribution is -2.19. The molecule has 1 aliphatic heterocycles. The average Bonchev–Trinajstić information content (AvgIpc) is 2.35. The Morgan fingerprint density at radius 1 is 1.35 bits per heavy atom. The van der Waals surface area contributed by atoms with Crippen molar-refractivity contribution < 1.29 is 14.2 Å². The number of benzene rings is 1. The van der Waals surface area contributed by atoms with Gasteiger partial charge in [-0.15, -0.1) is 0 Å². The van der Waals surface area contributed by atoms with E-state index in [1.807, 2.05) is 12.1 Å². The van der Waals surface area contributed by atoms with Crippen molar-refractivity contribution in [2.75, 3.05) is 33.5 Å². The van der Waals surface area contributed by atoms with Gasteiger partial charge in [0, 0.05) is 20.2 Å². The third-order valence-corrected chi connectivity index (χ3v) is 3.06. The van der Waals surface area contributed by atoms with Gasteiger partial charge < -0.3 is 19.5 Å². The van der Waals surface area contributed by atoms with E-state index in [1.165, 1.54) is 0 Å². The molecule has 0 saturated carbocycles. The summed E-state index contributed by atoms with van der Waals surface area (Å²) in [7, 11) is 1.70. The lowest BCUT2D eigenvalue weighted by atomic mass is 10.2. The topological polar surface area (TPSA) is 39.7 Å². The summed E-state index contributed by atoms with van der Waals surface area (Å²) in [6, 6.07) is 4.06. The Morgan fingerprint density at radius 2 is 2.18 bits per heavy atom. The quantitative estimate of drug-likeness (QED) is 0.844. The van der Waals surface area contributed by atoms with Crippen molar-refractivity contribution in [3.05, 3.63) is 22.2 Å². The normalized spacial score (nSPS) is 13.8. The molecular weight excluding hydrogens is 286 g/mol. The fraction of sp³-hybridized carbons (Fsp3) is 0.500. The van der Waals surface area contributed by atoms with E-state index in [-0.39, 0.29) is 0 Å². The van der Waals surface area contributed by atoms with Crippen LogP contribution in [0.1, 0.15) is 5.56 Å². The summed E-state index contributed by atoms with van der Waals surface area (Å²) < 4.78 is 17.0. The molecule has 0 aromatic heterocycles. The highest BCUT2D eigenvalue weighted by Gasteiger charge is 2.15. The third kappa shape index (κ3) is 3.34. The summed E-state index contributed by atoms with van der Waals surface area (Å²) in [5.74, 6) is 1.62. The van der Waals surface area contributed by atoms with Crippen molar-refractivity contribution in [3.8, 4) is 11.5 Å². The SMILES string of the molecule is COCCNCc1cc(Br)c2c(c1)OCCO2. The second kappa shape index (κ2) is 6.23. The first-order chi connectivity index (χ1) is 8.31. The zero-order valence-corrected chi connectivity index (χ0v) is 11.4. The predicted octanol–water partition coefficient (Wildman–Crippen LogP) is 1.96. The lowest BCUT2D eigenvalue weighted by molar-refractivity contribution is 0.170. The largest absolute Gasteiger partial charge is 0.486 e. The molecule has 0 spiro atoms. The van der Waals surface area contributed by atoms with Crippen LogP contribution in [0.5, 0.6) is 11.5 Å². The Kier molecular flexibility index (Phi) is 4.65. The lowest BCUT2D eigenvalue weighted by Gasteiger charge is -2.20. The molecule has 0 unspecified atom stereocenters. The zero-order chi connectivity index (χ0) is 12.1. The summed E-state index contributed by atoms with van der Waals surface area (Å²) in [4.78, 5) is 0. The monoisotopic (exact) mass is 301 g/mol. The minimum atomic E-state index is 0.608. The molecule has 1 aliphatic rings. The molecule has 0 saturated heterocycles. The number of rotatable bonds is 5. The Labute approximate surface area is 109 Å². The van der Waals surface area contributed by atoms with E-state index in [0.717, 1.165) is 34.6 Å². The van der Waals surface area contributed by atoms with Crippen molar-refractivity contribution in [1.82, 2.24) is 5.32 Å². The van der Waals surface area contributed by atoms with Crippen LogP contribution in [0.3, 0.4) is 0 Å². The van der Waals surface area contributed by atoms with Crippen LogP contribution < -0.4 is 14.8 Å². The maximum atomic E-state index is 5.56. The number of hydrogen-bond donors (Lipinski definition) is 1. The van der Waals surface area contributed by atoms with Gasteiger partial charge in [-0.1, -0.05) is 0 Å². The van der Waals surface area contributed by atoms with Crippen LogP contribution in [0.2, 0.25) is 0 Å². The molecule has 2 rings (SSSR count). The molecule has 17 heavy (non-hydrogen) atoms. The van der Waals surface area contributed by atoms with Crippen molar-refractivity contribution >= 4 is 15.9 Å². The molecule has 1 heterocycles. The number of methoxy groups -OCH3 is 1. The van der Waals surface area contributed by atoms with E-state index in [2.05, 4.69) is 21.2 Å². The van der Waals surface area contributed by atoms with Gasteiger partial charge in [0.25, 0.3) is 0 Å². The van der Waals surface area contributed by atoms with E-state index in [1.54, 1.807) is 7.11 Å². The molecular formula is C12H16BrNO3. The van der Waals surface area contributed by atoms with Crippen molar-refractivity contribution in [1.29, 1.82) is 0 Å². The Hall–Kier alpha value is -0.780. The molecule has 0 bridgehead atoms. The summed E-state index contributed by atoms with van der Waals surface area (Å²) in [6.45, 7) is 3.56. The first kappa shape index (κ1) is 12.7. The second-order valence-corrected chi connectivity index (χ2v) is 4.63. The van der Waals surface area contributed by atoms with Crippen LogP contribution in [-0.4, -0.2) is 33.5 Å². The van der Waals surface area contributed by atoms with Gasteiger partial charge in [-0.25, -0.2) is 0 Å². The van der Waals surface area contributed by atoms with Gasteiger partial charge in [-0.3, -0.25) is 0 Å². The fourth-order valence-electron chi connectivity index (χ4n) is 1.67. The zero-order valence-electron chi connectivity index (χ0n) is 9.79. The first-order valence-corrected chi connectivity index (χ1v) is 6.38. The summed E-state index contributed by atoms with van der Waals surface area (Å²) in [5, 5.41) is 3.29. The molecule has 4 nitrogen and oxygen atoms in total.